The van der Waals surface area contributed by atoms with Crippen molar-refractivity contribution < 1.29 is 4.52 Å². The van der Waals surface area contributed by atoms with Crippen LogP contribution in [0.1, 0.15) is 26.7 Å². The van der Waals surface area contributed by atoms with Gasteiger partial charge in [-0.05, 0) is 31.9 Å². The van der Waals surface area contributed by atoms with Gasteiger partial charge in [-0.15, -0.1) is 24.0 Å². The summed E-state index contributed by atoms with van der Waals surface area (Å²) in [5.41, 5.74) is 0.845. The number of halogens is 2. The van der Waals surface area contributed by atoms with Crippen LogP contribution in [0.4, 0.5) is 0 Å². The van der Waals surface area contributed by atoms with E-state index in [9.17, 15) is 0 Å². The fourth-order valence-electron chi connectivity index (χ4n) is 3.37. The first-order chi connectivity index (χ1) is 13.5. The van der Waals surface area contributed by atoms with Gasteiger partial charge >= 0.3 is 0 Å². The number of aliphatic imine (C=N–C) groups is 1. The lowest BCUT2D eigenvalue weighted by Gasteiger charge is -2.21. The molecule has 0 saturated carbocycles. The molecule has 0 bridgehead atoms. The Hall–Kier alpha value is -1.39. The van der Waals surface area contributed by atoms with Crippen molar-refractivity contribution in [1.82, 2.24) is 25.7 Å². The van der Waals surface area contributed by atoms with Gasteiger partial charge in [0.25, 0.3) is 0 Å². The molecule has 1 aliphatic rings. The summed E-state index contributed by atoms with van der Waals surface area (Å²) in [7, 11) is 1.79. The van der Waals surface area contributed by atoms with Crippen molar-refractivity contribution in [2.24, 2.45) is 10.9 Å². The van der Waals surface area contributed by atoms with E-state index in [1.54, 1.807) is 7.05 Å². The predicted molar refractivity (Wildman–Crippen MR) is 128 cm³/mol. The molecule has 2 atom stereocenters. The second-order valence-corrected chi connectivity index (χ2v) is 7.98. The van der Waals surface area contributed by atoms with Gasteiger partial charge in [-0.2, -0.15) is 4.98 Å². The molecule has 2 unspecified atom stereocenters. The summed E-state index contributed by atoms with van der Waals surface area (Å²) < 4.78 is 5.35. The number of hydrogen-bond donors (Lipinski definition) is 2. The third-order valence-electron chi connectivity index (χ3n) is 5.10. The van der Waals surface area contributed by atoms with Gasteiger partial charge in [0.05, 0.1) is 0 Å². The van der Waals surface area contributed by atoms with Crippen molar-refractivity contribution in [3.8, 4) is 11.4 Å². The lowest BCUT2D eigenvalue weighted by Crippen LogP contribution is -2.47. The Morgan fingerprint density at radius 1 is 1.38 bits per heavy atom. The Morgan fingerprint density at radius 3 is 2.83 bits per heavy atom. The summed E-state index contributed by atoms with van der Waals surface area (Å²) in [6.07, 6.45) is 0.618. The number of likely N-dealkylation sites (tertiary alicyclic amines) is 1. The summed E-state index contributed by atoms with van der Waals surface area (Å²) in [5.74, 6) is 2.51. The van der Waals surface area contributed by atoms with Crippen molar-refractivity contribution in [1.29, 1.82) is 0 Å². The molecular weight excluding hydrogens is 503 g/mol. The molecule has 1 aliphatic heterocycles. The minimum Gasteiger partial charge on any atom is -0.356 e. The van der Waals surface area contributed by atoms with Crippen LogP contribution >= 0.6 is 35.6 Å². The van der Waals surface area contributed by atoms with Gasteiger partial charge in [0.1, 0.15) is 0 Å². The van der Waals surface area contributed by atoms with E-state index in [2.05, 4.69) is 51.4 Å². The molecule has 2 N–H and O–H groups in total. The van der Waals surface area contributed by atoms with Gasteiger partial charge in [0.2, 0.25) is 11.7 Å². The molecule has 9 heteroatoms. The van der Waals surface area contributed by atoms with E-state index in [1.807, 2.05) is 24.3 Å². The van der Waals surface area contributed by atoms with Crippen LogP contribution in [0.15, 0.2) is 33.8 Å². The third-order valence-corrected chi connectivity index (χ3v) is 5.33. The zero-order chi connectivity index (χ0) is 20.1. The zero-order valence-electron chi connectivity index (χ0n) is 17.4. The van der Waals surface area contributed by atoms with Crippen LogP contribution in [0.2, 0.25) is 5.02 Å². The lowest BCUT2D eigenvalue weighted by molar-refractivity contribution is 0.265. The Morgan fingerprint density at radius 2 is 2.17 bits per heavy atom. The molecule has 1 aromatic heterocycles. The highest BCUT2D eigenvalue weighted by atomic mass is 127. The standard InChI is InChI=1S/C20H29ClN6O.HI/c1-13(2)27-11-14(3)17(12-27)24-20(22-4)23-9-8-18-25-19(26-28-18)15-6-5-7-16(21)10-15;/h5-7,10,13-14,17H,8-9,11-12H2,1-4H3,(H2,22,23,24);1H. The van der Waals surface area contributed by atoms with Gasteiger partial charge in [0.15, 0.2) is 5.96 Å². The Labute approximate surface area is 194 Å². The van der Waals surface area contributed by atoms with E-state index in [1.165, 1.54) is 0 Å². The van der Waals surface area contributed by atoms with Gasteiger partial charge in [-0.25, -0.2) is 0 Å². The molecular formula is C20H30ClIN6O. The van der Waals surface area contributed by atoms with Crippen LogP contribution in [-0.2, 0) is 6.42 Å². The maximum absolute atomic E-state index is 6.02. The maximum Gasteiger partial charge on any atom is 0.228 e. The number of guanidine groups is 1. The van der Waals surface area contributed by atoms with Crippen LogP contribution in [0.5, 0.6) is 0 Å². The highest BCUT2D eigenvalue weighted by molar-refractivity contribution is 14.0. The lowest BCUT2D eigenvalue weighted by atomic mass is 10.1. The van der Waals surface area contributed by atoms with Crippen LogP contribution in [-0.4, -0.2) is 59.8 Å². The molecule has 1 aromatic carbocycles. The van der Waals surface area contributed by atoms with E-state index in [0.29, 0.717) is 47.7 Å². The maximum atomic E-state index is 6.02. The minimum atomic E-state index is 0. The molecule has 1 fully saturated rings. The molecule has 0 amide bonds. The normalized spacial score (nSPS) is 20.0. The molecule has 160 valence electrons. The summed E-state index contributed by atoms with van der Waals surface area (Å²) >= 11 is 6.02. The smallest absolute Gasteiger partial charge is 0.228 e. The van der Waals surface area contributed by atoms with Crippen LogP contribution in [0.25, 0.3) is 11.4 Å². The average Bonchev–Trinajstić information content (AvgIpc) is 3.28. The van der Waals surface area contributed by atoms with Crippen molar-refractivity contribution >= 4 is 41.5 Å². The summed E-state index contributed by atoms with van der Waals surface area (Å²) in [6.45, 7) is 9.57. The first kappa shape index (κ1) is 23.9. The van der Waals surface area contributed by atoms with Crippen molar-refractivity contribution in [2.45, 2.75) is 39.3 Å². The minimum absolute atomic E-state index is 0. The summed E-state index contributed by atoms with van der Waals surface area (Å²) in [5, 5.41) is 11.6. The molecule has 0 spiro atoms. The van der Waals surface area contributed by atoms with Crippen molar-refractivity contribution in [3.63, 3.8) is 0 Å². The molecule has 1 saturated heterocycles. The molecule has 0 aliphatic carbocycles. The molecule has 0 radical (unpaired) electrons. The number of nitrogens with one attached hydrogen (secondary N) is 2. The number of benzene rings is 1. The van der Waals surface area contributed by atoms with Crippen LogP contribution in [0.3, 0.4) is 0 Å². The van der Waals surface area contributed by atoms with E-state index < -0.39 is 0 Å². The molecule has 2 aromatic rings. The van der Waals surface area contributed by atoms with E-state index in [0.717, 1.165) is 24.6 Å². The van der Waals surface area contributed by atoms with Crippen molar-refractivity contribution in [3.05, 3.63) is 35.2 Å². The Balaban J connectivity index is 0.00000300. The van der Waals surface area contributed by atoms with Gasteiger partial charge < -0.3 is 15.2 Å². The predicted octanol–water partition coefficient (Wildman–Crippen LogP) is 3.44. The number of nitrogens with zero attached hydrogens (tertiary/aromatic N) is 4. The highest BCUT2D eigenvalue weighted by Gasteiger charge is 2.31. The van der Waals surface area contributed by atoms with Crippen molar-refractivity contribution in [2.75, 3.05) is 26.7 Å². The van der Waals surface area contributed by atoms with Crippen LogP contribution in [0, 0.1) is 5.92 Å². The fraction of sp³-hybridized carbons (Fsp3) is 0.550. The summed E-state index contributed by atoms with van der Waals surface area (Å²) in [4.78, 5) is 11.3. The summed E-state index contributed by atoms with van der Waals surface area (Å²) in [6, 6.07) is 8.38. The second-order valence-electron chi connectivity index (χ2n) is 7.55. The quantitative estimate of drug-likeness (QED) is 0.337. The Bertz CT molecular complexity index is 812. The van der Waals surface area contributed by atoms with Gasteiger partial charge in [-0.1, -0.05) is 35.8 Å². The largest absolute Gasteiger partial charge is 0.356 e. The highest BCUT2D eigenvalue weighted by Crippen LogP contribution is 2.20. The zero-order valence-corrected chi connectivity index (χ0v) is 20.4. The second kappa shape index (κ2) is 11.1. The average molecular weight is 533 g/mol. The van der Waals surface area contributed by atoms with E-state index >= 15 is 0 Å². The van der Waals surface area contributed by atoms with Gasteiger partial charge in [0, 0.05) is 55.8 Å². The number of hydrogen-bond acceptors (Lipinski definition) is 5. The van der Waals surface area contributed by atoms with Crippen LogP contribution < -0.4 is 10.6 Å². The topological polar surface area (TPSA) is 78.6 Å². The first-order valence-electron chi connectivity index (χ1n) is 9.76. The SMILES string of the molecule is CN=C(NCCc1nc(-c2cccc(Cl)c2)no1)NC1CN(C(C)C)CC1C.I. The molecule has 2 heterocycles. The Kier molecular flexibility index (Phi) is 9.16. The molecule has 7 nitrogen and oxygen atoms in total. The monoisotopic (exact) mass is 532 g/mol. The van der Waals surface area contributed by atoms with E-state index in [-0.39, 0.29) is 24.0 Å². The van der Waals surface area contributed by atoms with Gasteiger partial charge in [-0.3, -0.25) is 9.89 Å². The number of rotatable bonds is 6. The fourth-order valence-corrected chi connectivity index (χ4v) is 3.56. The molecule has 3 rings (SSSR count). The number of aromatic nitrogens is 2. The molecule has 29 heavy (non-hydrogen) atoms. The third kappa shape index (κ3) is 6.55. The van der Waals surface area contributed by atoms with E-state index in [4.69, 9.17) is 16.1 Å². The first-order valence-corrected chi connectivity index (χ1v) is 10.1.